The van der Waals surface area contributed by atoms with Crippen LogP contribution in [0.4, 0.5) is 5.69 Å². The minimum absolute atomic E-state index is 0.0563. The summed E-state index contributed by atoms with van der Waals surface area (Å²) in [6.45, 7) is 1.74. The van der Waals surface area contributed by atoms with Gasteiger partial charge in [0.15, 0.2) is 0 Å². The maximum absolute atomic E-state index is 12.0. The van der Waals surface area contributed by atoms with E-state index in [0.29, 0.717) is 31.9 Å². The standard InChI is InChI=1S/C17H19N5O2/c23-17(6-11-21-9-2-7-18-21)20-15-4-1-5-16(14-15)24-13-12-22-10-3-8-19-22/h1-5,7-10,14H,6,11-13H2,(H,20,23). The summed E-state index contributed by atoms with van der Waals surface area (Å²) in [5.74, 6) is 0.659. The molecule has 0 bridgehead atoms. The van der Waals surface area contributed by atoms with Gasteiger partial charge in [0, 0.05) is 49.5 Å². The molecule has 0 unspecified atom stereocenters. The minimum Gasteiger partial charge on any atom is -0.492 e. The van der Waals surface area contributed by atoms with Crippen molar-refractivity contribution in [3.8, 4) is 5.75 Å². The van der Waals surface area contributed by atoms with Crippen molar-refractivity contribution in [1.29, 1.82) is 0 Å². The normalized spacial score (nSPS) is 10.5. The molecule has 0 radical (unpaired) electrons. The van der Waals surface area contributed by atoms with Crippen molar-refractivity contribution in [3.05, 3.63) is 61.2 Å². The Morgan fingerprint density at radius 3 is 2.50 bits per heavy atom. The fourth-order valence-electron chi connectivity index (χ4n) is 2.23. The number of ether oxygens (including phenoxy) is 1. The molecule has 7 nitrogen and oxygen atoms in total. The molecule has 2 aromatic heterocycles. The molecule has 0 spiro atoms. The van der Waals surface area contributed by atoms with Gasteiger partial charge in [0.25, 0.3) is 0 Å². The molecule has 1 aromatic carbocycles. The summed E-state index contributed by atoms with van der Waals surface area (Å²) < 4.78 is 9.23. The largest absolute Gasteiger partial charge is 0.492 e. The minimum atomic E-state index is -0.0563. The lowest BCUT2D eigenvalue weighted by atomic mass is 10.3. The number of aromatic nitrogens is 4. The van der Waals surface area contributed by atoms with E-state index in [9.17, 15) is 4.79 Å². The van der Waals surface area contributed by atoms with Crippen LogP contribution in [-0.2, 0) is 17.9 Å². The number of carbonyl (C=O) groups excluding carboxylic acids is 1. The zero-order chi connectivity index (χ0) is 16.6. The van der Waals surface area contributed by atoms with Gasteiger partial charge in [-0.2, -0.15) is 10.2 Å². The zero-order valence-corrected chi connectivity index (χ0v) is 13.2. The third kappa shape index (κ3) is 4.70. The second kappa shape index (κ2) is 7.96. The quantitative estimate of drug-likeness (QED) is 0.689. The zero-order valence-electron chi connectivity index (χ0n) is 13.2. The highest BCUT2D eigenvalue weighted by atomic mass is 16.5. The predicted molar refractivity (Wildman–Crippen MR) is 89.6 cm³/mol. The van der Waals surface area contributed by atoms with Crippen LogP contribution in [-0.4, -0.2) is 32.1 Å². The molecule has 0 saturated carbocycles. The molecule has 2 heterocycles. The van der Waals surface area contributed by atoms with E-state index in [4.69, 9.17) is 4.74 Å². The number of carbonyl (C=O) groups is 1. The smallest absolute Gasteiger partial charge is 0.226 e. The van der Waals surface area contributed by atoms with Crippen molar-refractivity contribution in [2.24, 2.45) is 0 Å². The second-order valence-corrected chi connectivity index (χ2v) is 5.21. The molecule has 124 valence electrons. The molecule has 0 aliphatic carbocycles. The molecular formula is C17H19N5O2. The number of benzene rings is 1. The number of amides is 1. The van der Waals surface area contributed by atoms with Crippen LogP contribution < -0.4 is 10.1 Å². The van der Waals surface area contributed by atoms with Crippen molar-refractivity contribution in [2.45, 2.75) is 19.5 Å². The highest BCUT2D eigenvalue weighted by Crippen LogP contribution is 2.17. The lowest BCUT2D eigenvalue weighted by molar-refractivity contribution is -0.116. The van der Waals surface area contributed by atoms with Crippen LogP contribution >= 0.6 is 0 Å². The molecule has 0 atom stereocenters. The average molecular weight is 325 g/mol. The first-order valence-corrected chi connectivity index (χ1v) is 7.77. The Morgan fingerprint density at radius 1 is 1.04 bits per heavy atom. The van der Waals surface area contributed by atoms with Crippen LogP contribution in [0.1, 0.15) is 6.42 Å². The van der Waals surface area contributed by atoms with Crippen LogP contribution in [0.25, 0.3) is 0 Å². The molecule has 0 fully saturated rings. The van der Waals surface area contributed by atoms with E-state index in [1.54, 1.807) is 21.8 Å². The number of aryl methyl sites for hydroxylation is 1. The van der Waals surface area contributed by atoms with Gasteiger partial charge in [0.05, 0.1) is 6.54 Å². The third-order valence-electron chi connectivity index (χ3n) is 3.39. The first-order valence-electron chi connectivity index (χ1n) is 7.77. The van der Waals surface area contributed by atoms with Gasteiger partial charge < -0.3 is 10.1 Å². The number of hydrogen-bond acceptors (Lipinski definition) is 4. The molecule has 1 amide bonds. The molecule has 0 aliphatic heterocycles. The Labute approximate surface area is 139 Å². The SMILES string of the molecule is O=C(CCn1cccn1)Nc1cccc(OCCn2cccn2)c1. The first kappa shape index (κ1) is 15.8. The van der Waals surface area contributed by atoms with Crippen LogP contribution in [0.5, 0.6) is 5.75 Å². The summed E-state index contributed by atoms with van der Waals surface area (Å²) in [5, 5.41) is 11.1. The maximum atomic E-state index is 12.0. The van der Waals surface area contributed by atoms with Gasteiger partial charge in [-0.1, -0.05) is 6.07 Å². The summed E-state index contributed by atoms with van der Waals surface area (Å²) in [6, 6.07) is 11.1. The number of nitrogens with one attached hydrogen (secondary N) is 1. The summed E-state index contributed by atoms with van der Waals surface area (Å²) in [6.07, 6.45) is 7.52. The van der Waals surface area contributed by atoms with Gasteiger partial charge in [0.1, 0.15) is 12.4 Å². The Balaban J connectivity index is 1.46. The Hall–Kier alpha value is -3.09. The molecule has 3 aromatic rings. The summed E-state index contributed by atoms with van der Waals surface area (Å²) in [4.78, 5) is 12.0. The van der Waals surface area contributed by atoms with E-state index >= 15 is 0 Å². The van der Waals surface area contributed by atoms with Crippen molar-refractivity contribution in [1.82, 2.24) is 19.6 Å². The highest BCUT2D eigenvalue weighted by Gasteiger charge is 2.04. The summed E-state index contributed by atoms with van der Waals surface area (Å²) in [7, 11) is 0. The van der Waals surface area contributed by atoms with Gasteiger partial charge >= 0.3 is 0 Å². The van der Waals surface area contributed by atoms with Crippen molar-refractivity contribution in [3.63, 3.8) is 0 Å². The topological polar surface area (TPSA) is 74.0 Å². The Bertz CT molecular complexity index is 753. The van der Waals surface area contributed by atoms with Gasteiger partial charge in [-0.15, -0.1) is 0 Å². The third-order valence-corrected chi connectivity index (χ3v) is 3.39. The summed E-state index contributed by atoms with van der Waals surface area (Å²) >= 11 is 0. The van der Waals surface area contributed by atoms with Crippen molar-refractivity contribution >= 4 is 11.6 Å². The molecule has 1 N–H and O–H groups in total. The lowest BCUT2D eigenvalue weighted by Gasteiger charge is -2.09. The van der Waals surface area contributed by atoms with Crippen LogP contribution in [0, 0.1) is 0 Å². The Morgan fingerprint density at radius 2 is 1.79 bits per heavy atom. The van der Waals surface area contributed by atoms with Crippen LogP contribution in [0.15, 0.2) is 61.2 Å². The van der Waals surface area contributed by atoms with Gasteiger partial charge in [0.2, 0.25) is 5.91 Å². The monoisotopic (exact) mass is 325 g/mol. The van der Waals surface area contributed by atoms with E-state index in [1.165, 1.54) is 0 Å². The molecular weight excluding hydrogens is 306 g/mol. The van der Waals surface area contributed by atoms with E-state index in [-0.39, 0.29) is 5.91 Å². The molecule has 0 saturated heterocycles. The first-order chi connectivity index (χ1) is 11.8. The van der Waals surface area contributed by atoms with E-state index in [2.05, 4.69) is 15.5 Å². The second-order valence-electron chi connectivity index (χ2n) is 5.21. The van der Waals surface area contributed by atoms with Gasteiger partial charge in [-0.05, 0) is 24.3 Å². The molecule has 24 heavy (non-hydrogen) atoms. The molecule has 3 rings (SSSR count). The van der Waals surface area contributed by atoms with Crippen LogP contribution in [0.3, 0.4) is 0 Å². The van der Waals surface area contributed by atoms with E-state index in [1.807, 2.05) is 48.8 Å². The number of rotatable bonds is 8. The van der Waals surface area contributed by atoms with Gasteiger partial charge in [-0.25, -0.2) is 0 Å². The molecule has 0 aliphatic rings. The fraction of sp³-hybridized carbons (Fsp3) is 0.235. The van der Waals surface area contributed by atoms with Crippen molar-refractivity contribution < 1.29 is 9.53 Å². The highest BCUT2D eigenvalue weighted by molar-refractivity contribution is 5.90. The average Bonchev–Trinajstić information content (AvgIpc) is 3.27. The number of nitrogens with zero attached hydrogens (tertiary/aromatic N) is 4. The number of hydrogen-bond donors (Lipinski definition) is 1. The molecule has 7 heteroatoms. The Kier molecular flexibility index (Phi) is 5.24. The number of anilines is 1. The van der Waals surface area contributed by atoms with E-state index < -0.39 is 0 Å². The lowest BCUT2D eigenvalue weighted by Crippen LogP contribution is -2.14. The van der Waals surface area contributed by atoms with Crippen LogP contribution in [0.2, 0.25) is 0 Å². The van der Waals surface area contributed by atoms with Gasteiger partial charge in [-0.3, -0.25) is 14.2 Å². The summed E-state index contributed by atoms with van der Waals surface area (Å²) in [5.41, 5.74) is 0.719. The fourth-order valence-corrected chi connectivity index (χ4v) is 2.23. The van der Waals surface area contributed by atoms with Crippen molar-refractivity contribution in [2.75, 3.05) is 11.9 Å². The predicted octanol–water partition coefficient (Wildman–Crippen LogP) is 2.19. The van der Waals surface area contributed by atoms with E-state index in [0.717, 1.165) is 5.69 Å². The maximum Gasteiger partial charge on any atom is 0.226 e.